The van der Waals surface area contributed by atoms with E-state index >= 15 is 0 Å². The lowest BCUT2D eigenvalue weighted by Crippen LogP contribution is -2.30. The van der Waals surface area contributed by atoms with Crippen LogP contribution in [0.2, 0.25) is 5.28 Å². The summed E-state index contributed by atoms with van der Waals surface area (Å²) < 4.78 is 6.94. The summed E-state index contributed by atoms with van der Waals surface area (Å²) in [6.07, 6.45) is 0.0396. The molecule has 0 saturated carbocycles. The molecular weight excluding hydrogens is 274 g/mol. The van der Waals surface area contributed by atoms with Crippen LogP contribution in [0.25, 0.3) is 11.2 Å². The molecule has 1 aliphatic rings. The molecule has 8 nitrogen and oxygen atoms in total. The number of imidazole rings is 1. The van der Waals surface area contributed by atoms with Crippen LogP contribution in [0.1, 0.15) is 6.04 Å². The minimum atomic E-state index is -0.850. The van der Waals surface area contributed by atoms with Gasteiger partial charge in [0.1, 0.15) is 17.7 Å². The van der Waals surface area contributed by atoms with Gasteiger partial charge in [0.25, 0.3) is 0 Å². The second-order valence-electron chi connectivity index (χ2n) is 4.31. The molecule has 1 fully saturated rings. The molecule has 19 heavy (non-hydrogen) atoms. The fourth-order valence-electron chi connectivity index (χ4n) is 2.23. The highest BCUT2D eigenvalue weighted by Crippen LogP contribution is 2.29. The monoisotopic (exact) mass is 285 g/mol. The smallest absolute Gasteiger partial charge is 0.226 e. The van der Waals surface area contributed by atoms with Crippen LogP contribution in [0, 0.1) is 0 Å². The second kappa shape index (κ2) is 4.57. The molecule has 0 bridgehead atoms. The highest BCUT2D eigenvalue weighted by molar-refractivity contribution is 6.28. The van der Waals surface area contributed by atoms with E-state index in [-0.39, 0.29) is 24.3 Å². The van der Waals surface area contributed by atoms with Crippen molar-refractivity contribution < 1.29 is 14.9 Å². The molecule has 3 heterocycles. The first kappa shape index (κ1) is 12.5. The molecule has 1 aliphatic heterocycles. The molecular formula is C10H12ClN5O3. The standard InChI is InChI=1S/C10H12ClN5O3/c11-10-14-8(12)6-9(15-10)16(3-13-6)4-2-19-5(1-17)7(4)18/h3-5,7,17-18H,1-2H2,(H2,12,14,15)/t4?,5-,7?/m1/s1. The Morgan fingerprint density at radius 2 is 2.32 bits per heavy atom. The van der Waals surface area contributed by atoms with Crippen LogP contribution in [0.5, 0.6) is 0 Å². The molecule has 3 rings (SSSR count). The van der Waals surface area contributed by atoms with E-state index in [4.69, 9.17) is 27.2 Å². The van der Waals surface area contributed by atoms with Crippen molar-refractivity contribution in [3.8, 4) is 0 Å². The van der Waals surface area contributed by atoms with E-state index in [1.54, 1.807) is 4.57 Å². The largest absolute Gasteiger partial charge is 0.394 e. The lowest BCUT2D eigenvalue weighted by atomic mass is 10.1. The third-order valence-corrected chi connectivity index (χ3v) is 3.38. The third kappa shape index (κ3) is 1.93. The number of aliphatic hydroxyl groups excluding tert-OH is 2. The van der Waals surface area contributed by atoms with Crippen molar-refractivity contribution in [3.05, 3.63) is 11.6 Å². The fraction of sp³-hybridized carbons (Fsp3) is 0.500. The summed E-state index contributed by atoms with van der Waals surface area (Å²) >= 11 is 5.77. The number of hydrogen-bond donors (Lipinski definition) is 3. The van der Waals surface area contributed by atoms with Gasteiger partial charge < -0.3 is 25.3 Å². The minimum absolute atomic E-state index is 0.0128. The quantitative estimate of drug-likeness (QED) is 0.628. The van der Waals surface area contributed by atoms with E-state index in [1.807, 2.05) is 0 Å². The molecule has 0 spiro atoms. The van der Waals surface area contributed by atoms with Gasteiger partial charge in [0.05, 0.1) is 25.6 Å². The predicted octanol–water partition coefficient (Wildman–Crippen LogP) is -0.645. The van der Waals surface area contributed by atoms with E-state index in [1.165, 1.54) is 6.33 Å². The molecule has 4 N–H and O–H groups in total. The van der Waals surface area contributed by atoms with Gasteiger partial charge in [-0.25, -0.2) is 4.98 Å². The van der Waals surface area contributed by atoms with Crippen molar-refractivity contribution >= 4 is 28.6 Å². The SMILES string of the molecule is Nc1nc(Cl)nc2c1ncn2C1CO[C@H](CO)C1O. The van der Waals surface area contributed by atoms with Gasteiger partial charge in [-0.05, 0) is 11.6 Å². The first-order valence-electron chi connectivity index (χ1n) is 5.68. The number of aromatic nitrogens is 4. The van der Waals surface area contributed by atoms with Crippen molar-refractivity contribution in [2.24, 2.45) is 0 Å². The Kier molecular flexibility index (Phi) is 3.02. The zero-order valence-electron chi connectivity index (χ0n) is 9.77. The number of nitrogens with zero attached hydrogens (tertiary/aromatic N) is 4. The number of aliphatic hydroxyl groups is 2. The van der Waals surface area contributed by atoms with Crippen molar-refractivity contribution in [2.45, 2.75) is 18.2 Å². The first-order chi connectivity index (χ1) is 9.11. The van der Waals surface area contributed by atoms with Crippen LogP contribution in [-0.2, 0) is 4.74 Å². The Bertz CT molecular complexity index is 618. The van der Waals surface area contributed by atoms with E-state index < -0.39 is 18.2 Å². The van der Waals surface area contributed by atoms with Crippen molar-refractivity contribution in [2.75, 3.05) is 18.9 Å². The van der Waals surface area contributed by atoms with Crippen LogP contribution >= 0.6 is 11.6 Å². The van der Waals surface area contributed by atoms with Crippen LogP contribution in [0.4, 0.5) is 5.82 Å². The summed E-state index contributed by atoms with van der Waals surface area (Å²) in [6, 6.07) is -0.396. The van der Waals surface area contributed by atoms with Gasteiger partial charge in [-0.3, -0.25) is 0 Å². The van der Waals surface area contributed by atoms with Crippen molar-refractivity contribution in [3.63, 3.8) is 0 Å². The van der Waals surface area contributed by atoms with Crippen LogP contribution in [0.15, 0.2) is 6.33 Å². The summed E-state index contributed by atoms with van der Waals surface area (Å²) in [7, 11) is 0. The van der Waals surface area contributed by atoms with Crippen LogP contribution in [0.3, 0.4) is 0 Å². The number of fused-ring (bicyclic) bond motifs is 1. The maximum absolute atomic E-state index is 10.1. The zero-order chi connectivity index (χ0) is 13.6. The van der Waals surface area contributed by atoms with Crippen LogP contribution in [-0.4, -0.2) is 55.2 Å². The van der Waals surface area contributed by atoms with E-state index in [9.17, 15) is 5.11 Å². The summed E-state index contributed by atoms with van der Waals surface area (Å²) in [5.74, 6) is 0.181. The molecule has 102 valence electrons. The molecule has 2 aromatic rings. The Hall–Kier alpha value is -1.48. The van der Waals surface area contributed by atoms with Gasteiger partial charge in [0, 0.05) is 0 Å². The summed E-state index contributed by atoms with van der Waals surface area (Å²) in [5.41, 5.74) is 6.57. The number of rotatable bonds is 2. The molecule has 1 saturated heterocycles. The Labute approximate surface area is 112 Å². The summed E-state index contributed by atoms with van der Waals surface area (Å²) in [5, 5.41) is 19.2. The number of ether oxygens (including phenoxy) is 1. The van der Waals surface area contributed by atoms with Gasteiger partial charge >= 0.3 is 0 Å². The molecule has 0 aliphatic carbocycles. The Balaban J connectivity index is 2.07. The summed E-state index contributed by atoms with van der Waals surface area (Å²) in [6.45, 7) is 0.00154. The predicted molar refractivity (Wildman–Crippen MR) is 66.6 cm³/mol. The Morgan fingerprint density at radius 1 is 1.53 bits per heavy atom. The zero-order valence-corrected chi connectivity index (χ0v) is 10.5. The van der Waals surface area contributed by atoms with Crippen molar-refractivity contribution in [1.82, 2.24) is 19.5 Å². The number of hydrogen-bond acceptors (Lipinski definition) is 7. The molecule has 0 amide bonds. The van der Waals surface area contributed by atoms with Gasteiger partial charge in [0.2, 0.25) is 5.28 Å². The van der Waals surface area contributed by atoms with Gasteiger partial charge in [0.15, 0.2) is 11.5 Å². The Morgan fingerprint density at radius 3 is 3.00 bits per heavy atom. The molecule has 3 atom stereocenters. The second-order valence-corrected chi connectivity index (χ2v) is 4.65. The fourth-order valence-corrected chi connectivity index (χ4v) is 2.40. The van der Waals surface area contributed by atoms with Gasteiger partial charge in [-0.1, -0.05) is 0 Å². The van der Waals surface area contributed by atoms with Crippen LogP contribution < -0.4 is 5.73 Å². The molecule has 2 unspecified atom stereocenters. The normalized spacial score (nSPS) is 27.2. The number of nitrogen functional groups attached to an aromatic ring is 1. The molecule has 2 aromatic heterocycles. The first-order valence-corrected chi connectivity index (χ1v) is 6.05. The molecule has 0 radical (unpaired) electrons. The molecule has 9 heteroatoms. The number of halogens is 1. The summed E-state index contributed by atoms with van der Waals surface area (Å²) in [4.78, 5) is 12.0. The average Bonchev–Trinajstić information content (AvgIpc) is 2.92. The number of anilines is 1. The third-order valence-electron chi connectivity index (χ3n) is 3.21. The van der Waals surface area contributed by atoms with E-state index in [0.717, 1.165) is 0 Å². The highest BCUT2D eigenvalue weighted by atomic mass is 35.5. The van der Waals surface area contributed by atoms with Gasteiger partial charge in [-0.15, -0.1) is 0 Å². The number of nitrogens with two attached hydrogens (primary N) is 1. The lowest BCUT2D eigenvalue weighted by Gasteiger charge is -2.17. The van der Waals surface area contributed by atoms with Gasteiger partial charge in [-0.2, -0.15) is 9.97 Å². The molecule has 0 aromatic carbocycles. The average molecular weight is 286 g/mol. The minimum Gasteiger partial charge on any atom is -0.394 e. The topological polar surface area (TPSA) is 119 Å². The highest BCUT2D eigenvalue weighted by Gasteiger charge is 2.37. The lowest BCUT2D eigenvalue weighted by molar-refractivity contribution is 0.00206. The maximum Gasteiger partial charge on any atom is 0.226 e. The van der Waals surface area contributed by atoms with E-state index in [2.05, 4.69) is 15.0 Å². The van der Waals surface area contributed by atoms with Crippen molar-refractivity contribution in [1.29, 1.82) is 0 Å². The van der Waals surface area contributed by atoms with E-state index in [0.29, 0.717) is 11.2 Å². The maximum atomic E-state index is 10.1.